The fourth-order valence-electron chi connectivity index (χ4n) is 2.96. The molecule has 0 bridgehead atoms. The van der Waals surface area contributed by atoms with Gasteiger partial charge in [-0.2, -0.15) is 5.10 Å². The zero-order valence-corrected chi connectivity index (χ0v) is 13.8. The highest BCUT2D eigenvalue weighted by Gasteiger charge is 2.27. The summed E-state index contributed by atoms with van der Waals surface area (Å²) in [6.45, 7) is 5.35. The molecule has 7 heteroatoms. The van der Waals surface area contributed by atoms with Crippen LogP contribution in [0.1, 0.15) is 19.8 Å². The molecule has 2 amide bonds. The maximum atomic E-state index is 12.5. The van der Waals surface area contributed by atoms with Crippen LogP contribution in [0.5, 0.6) is 5.75 Å². The van der Waals surface area contributed by atoms with E-state index in [2.05, 4.69) is 15.4 Å². The molecule has 0 aliphatic carbocycles. The molecule has 0 spiro atoms. The number of rotatable bonds is 4. The first-order valence-electron chi connectivity index (χ1n) is 8.30. The van der Waals surface area contributed by atoms with E-state index in [1.54, 1.807) is 4.90 Å². The third-order valence-corrected chi connectivity index (χ3v) is 4.22. The SMILES string of the molecule is CCOc1ccccc1N1CCN(C(=O)C2=NNC(=O)CC2)CC1. The van der Waals surface area contributed by atoms with Gasteiger partial charge >= 0.3 is 0 Å². The van der Waals surface area contributed by atoms with Crippen molar-refractivity contribution >= 4 is 23.2 Å². The molecule has 7 nitrogen and oxygen atoms in total. The number of hydrazone groups is 1. The van der Waals surface area contributed by atoms with Gasteiger partial charge in [0.2, 0.25) is 5.91 Å². The van der Waals surface area contributed by atoms with Crippen LogP contribution in [0.4, 0.5) is 5.69 Å². The molecule has 1 N–H and O–H groups in total. The summed E-state index contributed by atoms with van der Waals surface area (Å²) in [5.74, 6) is 0.663. The van der Waals surface area contributed by atoms with Gasteiger partial charge in [-0.1, -0.05) is 12.1 Å². The molecule has 1 aromatic carbocycles. The third kappa shape index (κ3) is 3.50. The summed E-state index contributed by atoms with van der Waals surface area (Å²) in [4.78, 5) is 27.6. The molecule has 2 aliphatic rings. The van der Waals surface area contributed by atoms with Gasteiger partial charge in [0.15, 0.2) is 0 Å². The van der Waals surface area contributed by atoms with E-state index in [1.807, 2.05) is 31.2 Å². The Morgan fingerprint density at radius 1 is 1.21 bits per heavy atom. The zero-order chi connectivity index (χ0) is 16.9. The molecule has 24 heavy (non-hydrogen) atoms. The van der Waals surface area contributed by atoms with Crippen molar-refractivity contribution in [1.82, 2.24) is 10.3 Å². The second-order valence-electron chi connectivity index (χ2n) is 5.77. The lowest BCUT2D eigenvalue weighted by molar-refractivity contribution is -0.124. The van der Waals surface area contributed by atoms with Crippen molar-refractivity contribution in [2.45, 2.75) is 19.8 Å². The second-order valence-corrected chi connectivity index (χ2v) is 5.77. The Kier molecular flexibility index (Phi) is 4.98. The van der Waals surface area contributed by atoms with Crippen LogP contribution < -0.4 is 15.1 Å². The van der Waals surface area contributed by atoms with Gasteiger partial charge in [0, 0.05) is 39.0 Å². The predicted octanol–water partition coefficient (Wildman–Crippen LogP) is 1.000. The van der Waals surface area contributed by atoms with E-state index in [-0.39, 0.29) is 11.8 Å². The van der Waals surface area contributed by atoms with E-state index in [4.69, 9.17) is 4.74 Å². The van der Waals surface area contributed by atoms with Crippen molar-refractivity contribution < 1.29 is 14.3 Å². The van der Waals surface area contributed by atoms with Crippen molar-refractivity contribution in [3.05, 3.63) is 24.3 Å². The van der Waals surface area contributed by atoms with Crippen LogP contribution in [0.25, 0.3) is 0 Å². The molecule has 0 unspecified atom stereocenters. The Morgan fingerprint density at radius 3 is 2.62 bits per heavy atom. The zero-order valence-electron chi connectivity index (χ0n) is 13.8. The molecule has 3 rings (SSSR count). The number of hydrogen-bond acceptors (Lipinski definition) is 5. The summed E-state index contributed by atoms with van der Waals surface area (Å²) < 4.78 is 5.69. The third-order valence-electron chi connectivity index (χ3n) is 4.22. The van der Waals surface area contributed by atoms with Gasteiger partial charge in [0.05, 0.1) is 12.3 Å². The Hall–Kier alpha value is -2.57. The molecule has 0 atom stereocenters. The second kappa shape index (κ2) is 7.33. The van der Waals surface area contributed by atoms with Crippen LogP contribution in [0, 0.1) is 0 Å². The number of nitrogens with zero attached hydrogens (tertiary/aromatic N) is 3. The standard InChI is InChI=1S/C17H22N4O3/c1-2-24-15-6-4-3-5-14(15)20-9-11-21(12-10-20)17(23)13-7-8-16(22)19-18-13/h3-6H,2,7-12H2,1H3,(H,19,22). The Morgan fingerprint density at radius 2 is 1.96 bits per heavy atom. The maximum absolute atomic E-state index is 12.5. The molecule has 128 valence electrons. The van der Waals surface area contributed by atoms with E-state index in [1.165, 1.54) is 0 Å². The van der Waals surface area contributed by atoms with Crippen molar-refractivity contribution in [1.29, 1.82) is 0 Å². The van der Waals surface area contributed by atoms with Crippen LogP contribution in [0.15, 0.2) is 29.4 Å². The first-order chi connectivity index (χ1) is 11.7. The number of carbonyl (C=O) groups is 2. The van der Waals surface area contributed by atoms with Gasteiger partial charge in [-0.25, -0.2) is 5.43 Å². The lowest BCUT2D eigenvalue weighted by atomic mass is 10.1. The summed E-state index contributed by atoms with van der Waals surface area (Å²) >= 11 is 0. The average Bonchev–Trinajstić information content (AvgIpc) is 2.63. The van der Waals surface area contributed by atoms with E-state index in [0.717, 1.165) is 24.5 Å². The molecule has 2 aliphatic heterocycles. The van der Waals surface area contributed by atoms with Gasteiger partial charge < -0.3 is 14.5 Å². The summed E-state index contributed by atoms with van der Waals surface area (Å²) in [5, 5.41) is 3.89. The first kappa shape index (κ1) is 16.3. The number of ether oxygens (including phenoxy) is 1. The first-order valence-corrected chi connectivity index (χ1v) is 8.30. The van der Waals surface area contributed by atoms with E-state index >= 15 is 0 Å². The smallest absolute Gasteiger partial charge is 0.270 e. The van der Waals surface area contributed by atoms with Gasteiger partial charge in [-0.15, -0.1) is 0 Å². The van der Waals surface area contributed by atoms with Crippen molar-refractivity contribution in [3.8, 4) is 5.75 Å². The monoisotopic (exact) mass is 330 g/mol. The number of amides is 2. The van der Waals surface area contributed by atoms with E-state index in [0.29, 0.717) is 38.2 Å². The Bertz CT molecular complexity index is 651. The molecule has 0 radical (unpaired) electrons. The molecule has 2 heterocycles. The molecule has 1 fully saturated rings. The molecule has 0 saturated carbocycles. The van der Waals surface area contributed by atoms with Gasteiger partial charge in [-0.3, -0.25) is 9.59 Å². The minimum Gasteiger partial charge on any atom is -0.492 e. The highest BCUT2D eigenvalue weighted by atomic mass is 16.5. The van der Waals surface area contributed by atoms with Gasteiger partial charge in [-0.05, 0) is 19.1 Å². The largest absolute Gasteiger partial charge is 0.492 e. The Labute approximate surface area is 141 Å². The molecular formula is C17H22N4O3. The molecule has 0 aromatic heterocycles. The summed E-state index contributed by atoms with van der Waals surface area (Å²) in [5.41, 5.74) is 3.89. The minimum absolute atomic E-state index is 0.0762. The van der Waals surface area contributed by atoms with Gasteiger partial charge in [0.25, 0.3) is 5.91 Å². The highest BCUT2D eigenvalue weighted by molar-refractivity contribution is 6.39. The quantitative estimate of drug-likeness (QED) is 0.894. The molecule has 1 saturated heterocycles. The molecule has 1 aromatic rings. The van der Waals surface area contributed by atoms with Crippen LogP contribution in [-0.4, -0.2) is 55.2 Å². The fourth-order valence-corrected chi connectivity index (χ4v) is 2.96. The van der Waals surface area contributed by atoms with Crippen molar-refractivity contribution in [2.75, 3.05) is 37.7 Å². The number of hydrogen-bond donors (Lipinski definition) is 1. The summed E-state index contributed by atoms with van der Waals surface area (Å²) in [6.07, 6.45) is 0.740. The van der Waals surface area contributed by atoms with E-state index in [9.17, 15) is 9.59 Å². The summed E-state index contributed by atoms with van der Waals surface area (Å²) in [6, 6.07) is 7.97. The lowest BCUT2D eigenvalue weighted by Crippen LogP contribution is -2.51. The topological polar surface area (TPSA) is 74.2 Å². The van der Waals surface area contributed by atoms with Crippen LogP contribution in [0.2, 0.25) is 0 Å². The predicted molar refractivity (Wildman–Crippen MR) is 91.2 cm³/mol. The highest BCUT2D eigenvalue weighted by Crippen LogP contribution is 2.28. The number of benzene rings is 1. The molecular weight excluding hydrogens is 308 g/mol. The lowest BCUT2D eigenvalue weighted by Gasteiger charge is -2.37. The normalized spacial score (nSPS) is 18.0. The number of piperazine rings is 1. The number of nitrogens with one attached hydrogen (secondary N) is 1. The van der Waals surface area contributed by atoms with Crippen LogP contribution >= 0.6 is 0 Å². The van der Waals surface area contributed by atoms with Crippen LogP contribution in [0.3, 0.4) is 0 Å². The number of carbonyl (C=O) groups excluding carboxylic acids is 2. The van der Waals surface area contributed by atoms with E-state index < -0.39 is 0 Å². The number of para-hydroxylation sites is 2. The maximum Gasteiger partial charge on any atom is 0.270 e. The van der Waals surface area contributed by atoms with Crippen molar-refractivity contribution in [2.24, 2.45) is 5.10 Å². The Balaban J connectivity index is 1.62. The van der Waals surface area contributed by atoms with Crippen LogP contribution in [-0.2, 0) is 9.59 Å². The van der Waals surface area contributed by atoms with Crippen molar-refractivity contribution in [3.63, 3.8) is 0 Å². The van der Waals surface area contributed by atoms with Gasteiger partial charge in [0.1, 0.15) is 11.5 Å². The minimum atomic E-state index is -0.135. The average molecular weight is 330 g/mol. The fraction of sp³-hybridized carbons (Fsp3) is 0.471. The number of anilines is 1. The summed E-state index contributed by atoms with van der Waals surface area (Å²) in [7, 11) is 0.